The van der Waals surface area contributed by atoms with Crippen molar-refractivity contribution >= 4 is 79.3 Å². The fraction of sp³-hybridized carbons (Fsp3) is 0.0667. The van der Waals surface area contributed by atoms with Crippen molar-refractivity contribution in [1.82, 2.24) is 10.3 Å². The van der Waals surface area contributed by atoms with Gasteiger partial charge in [-0.25, -0.2) is 4.98 Å². The summed E-state index contributed by atoms with van der Waals surface area (Å²) < 4.78 is 1.04. The summed E-state index contributed by atoms with van der Waals surface area (Å²) in [5, 5.41) is 12.8. The number of rotatable bonds is 9. The van der Waals surface area contributed by atoms with E-state index < -0.39 is 5.91 Å². The predicted octanol–water partition coefficient (Wildman–Crippen LogP) is 6.81. The molecule has 3 amide bonds. The zero-order valence-electron chi connectivity index (χ0n) is 21.3. The van der Waals surface area contributed by atoms with Gasteiger partial charge < -0.3 is 16.0 Å². The normalized spacial score (nSPS) is 11.3. The first-order chi connectivity index (χ1) is 19.4. The molecule has 2 aromatic heterocycles. The topological polar surface area (TPSA) is 100 Å². The number of aryl methyl sites for hydroxylation is 1. The molecule has 7 nitrogen and oxygen atoms in total. The Morgan fingerprint density at radius 3 is 2.50 bits per heavy atom. The van der Waals surface area contributed by atoms with Crippen molar-refractivity contribution < 1.29 is 14.4 Å². The van der Waals surface area contributed by atoms with Crippen molar-refractivity contribution in [3.63, 3.8) is 0 Å². The van der Waals surface area contributed by atoms with E-state index in [0.717, 1.165) is 26.2 Å². The lowest BCUT2D eigenvalue weighted by Gasteiger charge is -2.11. The Bertz CT molecular complexity index is 1680. The molecule has 0 fully saturated rings. The number of thiazole rings is 1. The number of anilines is 2. The number of thioether (sulfide) groups is 1. The Morgan fingerprint density at radius 2 is 1.75 bits per heavy atom. The highest BCUT2D eigenvalue weighted by Crippen LogP contribution is 2.27. The summed E-state index contributed by atoms with van der Waals surface area (Å²) in [6.45, 7) is 2.02. The molecule has 0 saturated heterocycles. The van der Waals surface area contributed by atoms with Gasteiger partial charge in [-0.1, -0.05) is 35.6 Å². The summed E-state index contributed by atoms with van der Waals surface area (Å²) in [6.07, 6.45) is 1.64. The van der Waals surface area contributed by atoms with Crippen molar-refractivity contribution in [2.75, 3.05) is 16.4 Å². The number of nitrogens with one attached hydrogen (secondary N) is 3. The Morgan fingerprint density at radius 1 is 0.950 bits per heavy atom. The quantitative estimate of drug-likeness (QED) is 0.131. The number of carbonyl (C=O) groups is 3. The first-order valence-electron chi connectivity index (χ1n) is 12.2. The third-order valence-corrected chi connectivity index (χ3v) is 8.30. The molecule has 0 unspecified atom stereocenters. The Kier molecular flexibility index (Phi) is 8.70. The zero-order valence-corrected chi connectivity index (χ0v) is 23.8. The van der Waals surface area contributed by atoms with Gasteiger partial charge in [0.15, 0.2) is 5.13 Å². The first kappa shape index (κ1) is 27.3. The van der Waals surface area contributed by atoms with E-state index in [2.05, 4.69) is 27.0 Å². The fourth-order valence-electron chi connectivity index (χ4n) is 3.69. The van der Waals surface area contributed by atoms with Crippen molar-refractivity contribution in [1.29, 1.82) is 0 Å². The van der Waals surface area contributed by atoms with Crippen LogP contribution in [-0.2, 0) is 9.59 Å². The second-order valence-electron chi connectivity index (χ2n) is 8.74. The molecule has 10 heteroatoms. The van der Waals surface area contributed by atoms with E-state index in [-0.39, 0.29) is 23.3 Å². The van der Waals surface area contributed by atoms with Crippen LogP contribution < -0.4 is 16.0 Å². The molecule has 5 rings (SSSR count). The smallest absolute Gasteiger partial charge is 0.272 e. The molecule has 0 atom stereocenters. The number of nitrogens with zero attached hydrogens (tertiary/aromatic N) is 1. The van der Waals surface area contributed by atoms with Crippen LogP contribution in [0.2, 0.25) is 0 Å². The van der Waals surface area contributed by atoms with E-state index in [1.165, 1.54) is 34.4 Å². The van der Waals surface area contributed by atoms with E-state index >= 15 is 0 Å². The van der Waals surface area contributed by atoms with Gasteiger partial charge >= 0.3 is 0 Å². The second-order valence-corrected chi connectivity index (χ2v) is 11.6. The number of benzene rings is 3. The molecule has 0 aliphatic heterocycles. The Hall–Kier alpha value is -4.25. The van der Waals surface area contributed by atoms with Crippen LogP contribution in [0.15, 0.2) is 100 Å². The molecule has 2 heterocycles. The van der Waals surface area contributed by atoms with Crippen LogP contribution in [0.25, 0.3) is 16.3 Å². The monoisotopic (exact) mass is 584 g/mol. The molecular weight excluding hydrogens is 561 g/mol. The van der Waals surface area contributed by atoms with E-state index in [1.807, 2.05) is 54.1 Å². The summed E-state index contributed by atoms with van der Waals surface area (Å²) >= 11 is 4.34. The van der Waals surface area contributed by atoms with Crippen LogP contribution in [0, 0.1) is 6.92 Å². The van der Waals surface area contributed by atoms with Crippen molar-refractivity contribution in [2.45, 2.75) is 11.8 Å². The molecule has 5 aromatic rings. The van der Waals surface area contributed by atoms with Crippen LogP contribution in [0.1, 0.15) is 21.5 Å². The van der Waals surface area contributed by atoms with E-state index in [1.54, 1.807) is 42.5 Å². The highest BCUT2D eigenvalue weighted by atomic mass is 32.2. The number of fused-ring (bicyclic) bond motifs is 1. The van der Waals surface area contributed by atoms with Gasteiger partial charge in [0.1, 0.15) is 5.70 Å². The number of thiophene rings is 1. The third kappa shape index (κ3) is 7.23. The van der Waals surface area contributed by atoms with Crippen molar-refractivity contribution in [2.24, 2.45) is 0 Å². The molecule has 0 bridgehead atoms. The van der Waals surface area contributed by atoms with Gasteiger partial charge in [-0.3, -0.25) is 14.4 Å². The predicted molar refractivity (Wildman–Crippen MR) is 165 cm³/mol. The van der Waals surface area contributed by atoms with Gasteiger partial charge in [-0.05, 0) is 89.5 Å². The minimum atomic E-state index is -0.443. The maximum atomic E-state index is 13.1. The number of hydrogen-bond acceptors (Lipinski definition) is 7. The van der Waals surface area contributed by atoms with Crippen LogP contribution in [-0.4, -0.2) is 28.5 Å². The summed E-state index contributed by atoms with van der Waals surface area (Å²) in [5.41, 5.74) is 3.98. The molecule has 0 saturated carbocycles. The van der Waals surface area contributed by atoms with Gasteiger partial charge in [0.25, 0.3) is 11.8 Å². The lowest BCUT2D eigenvalue weighted by atomic mass is 10.2. The van der Waals surface area contributed by atoms with E-state index in [4.69, 9.17) is 0 Å². The van der Waals surface area contributed by atoms with Crippen LogP contribution in [0.5, 0.6) is 0 Å². The van der Waals surface area contributed by atoms with Gasteiger partial charge in [-0.2, -0.15) is 11.3 Å². The highest BCUT2D eigenvalue weighted by molar-refractivity contribution is 8.00. The maximum absolute atomic E-state index is 13.1. The van der Waals surface area contributed by atoms with Crippen molar-refractivity contribution in [3.05, 3.63) is 112 Å². The number of amides is 3. The zero-order chi connectivity index (χ0) is 27.9. The Balaban J connectivity index is 1.18. The molecule has 3 N–H and O–H groups in total. The first-order valence-corrected chi connectivity index (χ1v) is 15.0. The minimum Gasteiger partial charge on any atom is -0.321 e. The fourth-order valence-corrected chi connectivity index (χ4v) is 5.99. The van der Waals surface area contributed by atoms with Gasteiger partial charge in [0.05, 0.1) is 16.0 Å². The maximum Gasteiger partial charge on any atom is 0.272 e. The summed E-state index contributed by atoms with van der Waals surface area (Å²) in [4.78, 5) is 43.6. The Labute approximate surface area is 243 Å². The van der Waals surface area contributed by atoms with E-state index in [0.29, 0.717) is 16.4 Å². The van der Waals surface area contributed by atoms with Gasteiger partial charge in [0, 0.05) is 16.1 Å². The minimum absolute atomic E-state index is 0.132. The standard InChI is InChI=1S/C30H24N4O3S3/c1-19-7-12-24-26(15-19)40-30(33-24)34-27(35)18-39-23-10-8-22(9-11-23)31-29(37)25(16-20-13-14-38-17-20)32-28(36)21-5-3-2-4-6-21/h2-17H,18H2,1H3,(H,31,37)(H,32,36)(H,33,34,35)/b25-16-. The molecule has 40 heavy (non-hydrogen) atoms. The molecule has 200 valence electrons. The molecule has 3 aromatic carbocycles. The van der Waals surface area contributed by atoms with Gasteiger partial charge in [0.2, 0.25) is 5.91 Å². The molecule has 0 aliphatic rings. The molecular formula is C30H24N4O3S3. The van der Waals surface area contributed by atoms with Crippen LogP contribution >= 0.6 is 34.4 Å². The third-order valence-electron chi connectivity index (χ3n) is 5.66. The number of carbonyl (C=O) groups excluding carboxylic acids is 3. The van der Waals surface area contributed by atoms with Crippen LogP contribution in [0.4, 0.5) is 10.8 Å². The summed E-state index contributed by atoms with van der Waals surface area (Å²) in [7, 11) is 0. The average Bonchev–Trinajstić information content (AvgIpc) is 3.62. The second kappa shape index (κ2) is 12.7. The SMILES string of the molecule is Cc1ccc2nc(NC(=O)CSc3ccc(NC(=O)/C(=C/c4ccsc4)NC(=O)c4ccccc4)cc3)sc2c1. The molecule has 0 radical (unpaired) electrons. The van der Waals surface area contributed by atoms with Crippen LogP contribution in [0.3, 0.4) is 0 Å². The van der Waals surface area contributed by atoms with E-state index in [9.17, 15) is 14.4 Å². The van der Waals surface area contributed by atoms with Gasteiger partial charge in [-0.15, -0.1) is 11.8 Å². The highest BCUT2D eigenvalue weighted by Gasteiger charge is 2.15. The summed E-state index contributed by atoms with van der Waals surface area (Å²) in [6, 6.07) is 23.8. The lowest BCUT2D eigenvalue weighted by Crippen LogP contribution is -2.30. The number of hydrogen-bond donors (Lipinski definition) is 3. The molecule has 0 aliphatic carbocycles. The van der Waals surface area contributed by atoms with Crippen molar-refractivity contribution in [3.8, 4) is 0 Å². The molecule has 0 spiro atoms. The average molecular weight is 585 g/mol. The lowest BCUT2D eigenvalue weighted by molar-refractivity contribution is -0.114. The summed E-state index contributed by atoms with van der Waals surface area (Å²) in [5.74, 6) is -0.736. The largest absolute Gasteiger partial charge is 0.321 e. The number of aromatic nitrogens is 1.